The zero-order valence-electron chi connectivity index (χ0n) is 11.3. The van der Waals surface area contributed by atoms with Crippen molar-refractivity contribution in [3.05, 3.63) is 34.3 Å². The van der Waals surface area contributed by atoms with Crippen molar-refractivity contribution in [1.82, 2.24) is 4.57 Å². The van der Waals surface area contributed by atoms with E-state index in [2.05, 4.69) is 4.74 Å². The highest BCUT2D eigenvalue weighted by atomic mass is 19.4. The lowest BCUT2D eigenvalue weighted by Crippen LogP contribution is -2.23. The van der Waals surface area contributed by atoms with Gasteiger partial charge in [-0.15, -0.1) is 0 Å². The fraction of sp³-hybridized carbons (Fsp3) is 0.462. The highest BCUT2D eigenvalue weighted by Gasteiger charge is 2.27. The third kappa shape index (κ3) is 3.64. The Morgan fingerprint density at radius 3 is 2.76 bits per heavy atom. The Bertz CT molecular complexity index is 675. The Kier molecular flexibility index (Phi) is 4.38. The number of aryl methyl sites for hydroxylation is 1. The molecule has 0 radical (unpaired) electrons. The number of nitrogens with two attached hydrogens (primary N) is 1. The lowest BCUT2D eigenvalue weighted by Gasteiger charge is -2.13. The Balaban J connectivity index is 2.13. The van der Waals surface area contributed by atoms with Crippen molar-refractivity contribution in [2.24, 2.45) is 5.73 Å². The van der Waals surface area contributed by atoms with Gasteiger partial charge in [-0.05, 0) is 24.6 Å². The molecule has 0 aliphatic carbocycles. The predicted molar refractivity (Wildman–Crippen MR) is 70.0 cm³/mol. The number of halogens is 3. The van der Waals surface area contributed by atoms with E-state index in [-0.39, 0.29) is 6.61 Å². The van der Waals surface area contributed by atoms with E-state index < -0.39 is 24.6 Å². The van der Waals surface area contributed by atoms with Gasteiger partial charge in [-0.1, -0.05) is 6.07 Å². The number of hydrogen-bond acceptors (Lipinski definition) is 4. The first-order valence-electron chi connectivity index (χ1n) is 6.35. The number of ether oxygens (including phenoxy) is 1. The van der Waals surface area contributed by atoms with Gasteiger partial charge in [-0.2, -0.15) is 13.2 Å². The molecule has 5 nitrogen and oxygen atoms in total. The SMILES string of the molecule is CCn1c(=O)oc2cc(C(N)COCC(F)(F)F)ccc21. The molecule has 2 aromatic rings. The van der Waals surface area contributed by atoms with Crippen molar-refractivity contribution < 1.29 is 22.3 Å². The molecule has 116 valence electrons. The molecular formula is C13H15F3N2O3. The van der Waals surface area contributed by atoms with Crippen LogP contribution in [0.2, 0.25) is 0 Å². The molecule has 1 aromatic carbocycles. The molecule has 0 saturated carbocycles. The quantitative estimate of drug-likeness (QED) is 0.919. The van der Waals surface area contributed by atoms with Gasteiger partial charge in [0.15, 0.2) is 5.58 Å². The maximum atomic E-state index is 12.0. The van der Waals surface area contributed by atoms with Gasteiger partial charge in [0, 0.05) is 6.54 Å². The summed E-state index contributed by atoms with van der Waals surface area (Å²) >= 11 is 0. The molecule has 1 atom stereocenters. The fourth-order valence-electron chi connectivity index (χ4n) is 2.01. The number of benzene rings is 1. The van der Waals surface area contributed by atoms with E-state index in [0.29, 0.717) is 23.2 Å². The van der Waals surface area contributed by atoms with Gasteiger partial charge in [0.05, 0.1) is 18.2 Å². The minimum atomic E-state index is -4.38. The van der Waals surface area contributed by atoms with Crippen LogP contribution in [0.1, 0.15) is 18.5 Å². The fourth-order valence-corrected chi connectivity index (χ4v) is 2.01. The minimum absolute atomic E-state index is 0.274. The number of aromatic nitrogens is 1. The average molecular weight is 304 g/mol. The third-order valence-electron chi connectivity index (χ3n) is 3.00. The smallest absolute Gasteiger partial charge is 0.408 e. The lowest BCUT2D eigenvalue weighted by molar-refractivity contribution is -0.174. The van der Waals surface area contributed by atoms with Crippen molar-refractivity contribution in [1.29, 1.82) is 0 Å². The Morgan fingerprint density at radius 1 is 1.43 bits per heavy atom. The van der Waals surface area contributed by atoms with Crippen LogP contribution in [-0.4, -0.2) is 24.0 Å². The van der Waals surface area contributed by atoms with Crippen LogP contribution in [0.5, 0.6) is 0 Å². The van der Waals surface area contributed by atoms with Crippen LogP contribution in [0.25, 0.3) is 11.1 Å². The maximum absolute atomic E-state index is 12.0. The highest BCUT2D eigenvalue weighted by molar-refractivity contribution is 5.73. The first-order chi connectivity index (χ1) is 9.81. The monoisotopic (exact) mass is 304 g/mol. The van der Waals surface area contributed by atoms with Crippen LogP contribution in [0.4, 0.5) is 13.2 Å². The van der Waals surface area contributed by atoms with Gasteiger partial charge in [0.25, 0.3) is 0 Å². The van der Waals surface area contributed by atoms with Crippen LogP contribution in [0.15, 0.2) is 27.4 Å². The molecule has 0 aliphatic heterocycles. The highest BCUT2D eigenvalue weighted by Crippen LogP contribution is 2.20. The molecule has 0 spiro atoms. The van der Waals surface area contributed by atoms with Crippen molar-refractivity contribution >= 4 is 11.1 Å². The van der Waals surface area contributed by atoms with Crippen LogP contribution in [0.3, 0.4) is 0 Å². The Morgan fingerprint density at radius 2 is 2.14 bits per heavy atom. The summed E-state index contributed by atoms with van der Waals surface area (Å²) in [6.07, 6.45) is -4.38. The zero-order chi connectivity index (χ0) is 15.6. The molecular weight excluding hydrogens is 289 g/mol. The van der Waals surface area contributed by atoms with Gasteiger partial charge in [-0.25, -0.2) is 4.79 Å². The third-order valence-corrected chi connectivity index (χ3v) is 3.00. The molecule has 1 aromatic heterocycles. The number of rotatable bonds is 5. The number of oxazole rings is 1. The summed E-state index contributed by atoms with van der Waals surface area (Å²) in [5.74, 6) is -0.480. The first-order valence-corrected chi connectivity index (χ1v) is 6.35. The standard InChI is InChI=1S/C13H15F3N2O3/c1-2-18-10-4-3-8(5-11(10)21-12(18)19)9(17)6-20-7-13(14,15)16/h3-5,9H,2,6-7,17H2,1H3. The van der Waals surface area contributed by atoms with Gasteiger partial charge in [0.2, 0.25) is 0 Å². The molecule has 0 fully saturated rings. The van der Waals surface area contributed by atoms with E-state index >= 15 is 0 Å². The van der Waals surface area contributed by atoms with E-state index in [4.69, 9.17) is 10.2 Å². The summed E-state index contributed by atoms with van der Waals surface area (Å²) in [5, 5.41) is 0. The zero-order valence-corrected chi connectivity index (χ0v) is 11.3. The van der Waals surface area contributed by atoms with Gasteiger partial charge in [-0.3, -0.25) is 4.57 Å². The second-order valence-corrected chi connectivity index (χ2v) is 4.58. The van der Waals surface area contributed by atoms with Crippen molar-refractivity contribution in [2.75, 3.05) is 13.2 Å². The lowest BCUT2D eigenvalue weighted by atomic mass is 10.1. The summed E-state index contributed by atoms with van der Waals surface area (Å²) in [6, 6.07) is 4.12. The van der Waals surface area contributed by atoms with Crippen molar-refractivity contribution in [2.45, 2.75) is 25.7 Å². The van der Waals surface area contributed by atoms with Crippen LogP contribution < -0.4 is 11.5 Å². The molecule has 1 heterocycles. The summed E-state index contributed by atoms with van der Waals surface area (Å²) in [6.45, 7) is 0.654. The van der Waals surface area contributed by atoms with E-state index in [9.17, 15) is 18.0 Å². The van der Waals surface area contributed by atoms with Gasteiger partial charge in [0.1, 0.15) is 6.61 Å². The van der Waals surface area contributed by atoms with Crippen LogP contribution in [-0.2, 0) is 11.3 Å². The number of hydrogen-bond donors (Lipinski definition) is 1. The van der Waals surface area contributed by atoms with Gasteiger partial charge < -0.3 is 14.9 Å². The summed E-state index contributed by atoms with van der Waals surface area (Å²) in [7, 11) is 0. The molecule has 0 amide bonds. The van der Waals surface area contributed by atoms with E-state index in [1.165, 1.54) is 4.57 Å². The molecule has 8 heteroatoms. The summed E-state index contributed by atoms with van der Waals surface area (Å²) in [5.41, 5.74) is 7.29. The topological polar surface area (TPSA) is 70.4 Å². The minimum Gasteiger partial charge on any atom is -0.408 e. The summed E-state index contributed by atoms with van der Waals surface area (Å²) in [4.78, 5) is 11.5. The second kappa shape index (κ2) is 5.90. The van der Waals surface area contributed by atoms with Crippen molar-refractivity contribution in [3.63, 3.8) is 0 Å². The van der Waals surface area contributed by atoms with E-state index in [1.54, 1.807) is 25.1 Å². The number of fused-ring (bicyclic) bond motifs is 1. The molecule has 1 unspecified atom stereocenters. The molecule has 2 rings (SSSR count). The molecule has 21 heavy (non-hydrogen) atoms. The van der Waals surface area contributed by atoms with Crippen LogP contribution in [0, 0.1) is 0 Å². The molecule has 0 bridgehead atoms. The molecule has 2 N–H and O–H groups in total. The van der Waals surface area contributed by atoms with Gasteiger partial charge >= 0.3 is 11.9 Å². The Hall–Kier alpha value is -1.80. The maximum Gasteiger partial charge on any atom is 0.419 e. The Labute approximate surface area is 118 Å². The van der Waals surface area contributed by atoms with Crippen molar-refractivity contribution in [3.8, 4) is 0 Å². The number of nitrogens with zero attached hydrogens (tertiary/aromatic N) is 1. The molecule has 0 saturated heterocycles. The molecule has 0 aliphatic rings. The summed E-state index contributed by atoms with van der Waals surface area (Å²) < 4.78 is 47.0. The second-order valence-electron chi connectivity index (χ2n) is 4.58. The van der Waals surface area contributed by atoms with E-state index in [1.807, 2.05) is 0 Å². The first kappa shape index (κ1) is 15.6. The average Bonchev–Trinajstić information content (AvgIpc) is 2.71. The number of alkyl halides is 3. The predicted octanol–water partition coefficient (Wildman–Crippen LogP) is 2.19. The van der Waals surface area contributed by atoms with E-state index in [0.717, 1.165) is 0 Å². The van der Waals surface area contributed by atoms with Crippen LogP contribution >= 0.6 is 0 Å². The normalized spacial score (nSPS) is 13.8. The largest absolute Gasteiger partial charge is 0.419 e.